The van der Waals surface area contributed by atoms with Crippen LogP contribution in [0, 0.1) is 5.92 Å². The van der Waals surface area contributed by atoms with Gasteiger partial charge in [0.25, 0.3) is 0 Å². The van der Waals surface area contributed by atoms with E-state index in [-0.39, 0.29) is 6.42 Å². The molecule has 0 radical (unpaired) electrons. The van der Waals surface area contributed by atoms with Gasteiger partial charge in [-0.3, -0.25) is 0 Å². The summed E-state index contributed by atoms with van der Waals surface area (Å²) in [7, 11) is 1.63. The number of nitrogens with one attached hydrogen (secondary N) is 1. The number of rotatable bonds is 5. The van der Waals surface area contributed by atoms with Crippen molar-refractivity contribution in [2.45, 2.75) is 70.7 Å². The molecule has 0 aromatic carbocycles. The average molecular weight is 338 g/mol. The molecule has 1 rings (SSSR count). The first-order valence-corrected chi connectivity index (χ1v) is 8.25. The molecule has 4 nitrogen and oxygen atoms in total. The van der Waals surface area contributed by atoms with Crippen LogP contribution in [-0.4, -0.2) is 48.9 Å². The minimum absolute atomic E-state index is 0.207. The SMILES string of the molecule is CN(CCCNC1CCCCC1C(F)(F)F)C(=O)OC(C)(C)C. The van der Waals surface area contributed by atoms with E-state index in [0.717, 1.165) is 6.42 Å². The summed E-state index contributed by atoms with van der Waals surface area (Å²) in [6.45, 7) is 6.29. The van der Waals surface area contributed by atoms with Gasteiger partial charge >= 0.3 is 12.3 Å². The number of ether oxygens (including phenoxy) is 1. The molecule has 0 saturated heterocycles. The lowest BCUT2D eigenvalue weighted by Gasteiger charge is -2.33. The summed E-state index contributed by atoms with van der Waals surface area (Å²) in [5.41, 5.74) is -0.550. The Morgan fingerprint density at radius 3 is 2.39 bits per heavy atom. The second-order valence-electron chi connectivity index (χ2n) is 7.25. The molecule has 2 unspecified atom stereocenters. The number of alkyl halides is 3. The number of nitrogens with zero attached hydrogens (tertiary/aromatic N) is 1. The van der Waals surface area contributed by atoms with E-state index in [1.54, 1.807) is 27.8 Å². The molecule has 2 atom stereocenters. The van der Waals surface area contributed by atoms with Crippen LogP contribution in [0.15, 0.2) is 0 Å². The summed E-state index contributed by atoms with van der Waals surface area (Å²) in [6.07, 6.45) is -1.71. The maximum atomic E-state index is 13.0. The van der Waals surface area contributed by atoms with Crippen LogP contribution in [0.1, 0.15) is 52.9 Å². The quantitative estimate of drug-likeness (QED) is 0.772. The third-order valence-electron chi connectivity index (χ3n) is 3.97. The van der Waals surface area contributed by atoms with E-state index >= 15 is 0 Å². The Hall–Kier alpha value is -0.980. The van der Waals surface area contributed by atoms with E-state index in [2.05, 4.69) is 5.32 Å². The van der Waals surface area contributed by atoms with Crippen LogP contribution in [0.3, 0.4) is 0 Å². The van der Waals surface area contributed by atoms with Crippen LogP contribution in [0.2, 0.25) is 0 Å². The largest absolute Gasteiger partial charge is 0.444 e. The van der Waals surface area contributed by atoms with E-state index in [1.165, 1.54) is 4.90 Å². The maximum Gasteiger partial charge on any atom is 0.410 e. The summed E-state index contributed by atoms with van der Waals surface area (Å²) in [6, 6.07) is -0.504. The van der Waals surface area contributed by atoms with Crippen molar-refractivity contribution in [2.24, 2.45) is 5.92 Å². The highest BCUT2D eigenvalue weighted by molar-refractivity contribution is 5.67. The molecule has 1 aliphatic carbocycles. The topological polar surface area (TPSA) is 41.6 Å². The summed E-state index contributed by atoms with van der Waals surface area (Å²) < 4.78 is 44.2. The zero-order valence-electron chi connectivity index (χ0n) is 14.5. The summed E-state index contributed by atoms with van der Waals surface area (Å²) in [5.74, 6) is -1.25. The van der Waals surface area contributed by atoms with Crippen molar-refractivity contribution in [1.29, 1.82) is 0 Å². The van der Waals surface area contributed by atoms with Crippen LogP contribution in [0.25, 0.3) is 0 Å². The summed E-state index contributed by atoms with van der Waals surface area (Å²) in [5, 5.41) is 3.02. The highest BCUT2D eigenvalue weighted by Crippen LogP contribution is 2.37. The van der Waals surface area contributed by atoms with Gasteiger partial charge in [0.2, 0.25) is 0 Å². The summed E-state index contributed by atoms with van der Waals surface area (Å²) >= 11 is 0. The Labute approximate surface area is 136 Å². The zero-order chi connectivity index (χ0) is 17.7. The number of carbonyl (C=O) groups is 1. The van der Waals surface area contributed by atoms with Gasteiger partial charge in [0.05, 0.1) is 5.92 Å². The van der Waals surface area contributed by atoms with Crippen molar-refractivity contribution in [3.05, 3.63) is 0 Å². The number of carbonyl (C=O) groups excluding carboxylic acids is 1. The van der Waals surface area contributed by atoms with Gasteiger partial charge in [-0.05, 0) is 46.6 Å². The van der Waals surface area contributed by atoms with Gasteiger partial charge in [0, 0.05) is 19.6 Å². The van der Waals surface area contributed by atoms with Crippen molar-refractivity contribution >= 4 is 6.09 Å². The Kier molecular flexibility index (Phi) is 7.17. The molecule has 1 fully saturated rings. The molecule has 1 aliphatic rings. The van der Waals surface area contributed by atoms with Gasteiger partial charge in [-0.1, -0.05) is 12.8 Å². The van der Waals surface area contributed by atoms with Crippen molar-refractivity contribution in [1.82, 2.24) is 10.2 Å². The molecule has 0 aromatic rings. The van der Waals surface area contributed by atoms with Crippen molar-refractivity contribution in [2.75, 3.05) is 20.1 Å². The number of amides is 1. The van der Waals surface area contributed by atoms with Gasteiger partial charge in [-0.25, -0.2) is 4.79 Å². The first-order chi connectivity index (χ1) is 10.5. The van der Waals surface area contributed by atoms with Crippen LogP contribution in [-0.2, 0) is 4.74 Å². The minimum Gasteiger partial charge on any atom is -0.444 e. The molecule has 0 aliphatic heterocycles. The molecular formula is C16H29F3N2O2. The molecule has 136 valence electrons. The number of hydrogen-bond acceptors (Lipinski definition) is 3. The monoisotopic (exact) mass is 338 g/mol. The van der Waals surface area contributed by atoms with Gasteiger partial charge in [0.15, 0.2) is 0 Å². The molecule has 0 heterocycles. The summed E-state index contributed by atoms with van der Waals surface area (Å²) in [4.78, 5) is 13.2. The van der Waals surface area contributed by atoms with Crippen LogP contribution in [0.4, 0.5) is 18.0 Å². The van der Waals surface area contributed by atoms with Gasteiger partial charge in [0.1, 0.15) is 5.60 Å². The number of hydrogen-bond donors (Lipinski definition) is 1. The minimum atomic E-state index is -4.13. The number of halogens is 3. The van der Waals surface area contributed by atoms with Crippen LogP contribution < -0.4 is 5.32 Å². The molecule has 0 bridgehead atoms. The molecular weight excluding hydrogens is 309 g/mol. The normalized spacial score (nSPS) is 22.7. The maximum absolute atomic E-state index is 13.0. The first-order valence-electron chi connectivity index (χ1n) is 8.25. The molecule has 7 heteroatoms. The lowest BCUT2D eigenvalue weighted by Crippen LogP contribution is -2.46. The molecule has 1 saturated carbocycles. The third-order valence-corrected chi connectivity index (χ3v) is 3.97. The fraction of sp³-hybridized carbons (Fsp3) is 0.938. The lowest BCUT2D eigenvalue weighted by atomic mass is 9.84. The van der Waals surface area contributed by atoms with E-state index in [4.69, 9.17) is 4.74 Å². The highest BCUT2D eigenvalue weighted by Gasteiger charge is 2.45. The van der Waals surface area contributed by atoms with Crippen molar-refractivity contribution in [3.63, 3.8) is 0 Å². The van der Waals surface area contributed by atoms with Gasteiger partial charge in [-0.15, -0.1) is 0 Å². The van der Waals surface area contributed by atoms with E-state index in [0.29, 0.717) is 32.4 Å². The fourth-order valence-corrected chi connectivity index (χ4v) is 2.80. The second-order valence-corrected chi connectivity index (χ2v) is 7.25. The van der Waals surface area contributed by atoms with Crippen LogP contribution >= 0.6 is 0 Å². The predicted molar refractivity (Wildman–Crippen MR) is 83.3 cm³/mol. The second kappa shape index (κ2) is 8.22. The Balaban J connectivity index is 2.31. The molecule has 1 amide bonds. The van der Waals surface area contributed by atoms with E-state index in [9.17, 15) is 18.0 Å². The highest BCUT2D eigenvalue weighted by atomic mass is 19.4. The fourth-order valence-electron chi connectivity index (χ4n) is 2.80. The van der Waals surface area contributed by atoms with E-state index < -0.39 is 29.8 Å². The average Bonchev–Trinajstić information content (AvgIpc) is 2.40. The standard InChI is InChI=1S/C16H29F3N2O2/c1-15(2,3)23-14(22)21(4)11-7-10-20-13-9-6-5-8-12(13)16(17,18)19/h12-13,20H,5-11H2,1-4H3. The van der Waals surface area contributed by atoms with Crippen LogP contribution in [0.5, 0.6) is 0 Å². The predicted octanol–water partition coefficient (Wildman–Crippen LogP) is 3.95. The Morgan fingerprint density at radius 2 is 1.83 bits per heavy atom. The lowest BCUT2D eigenvalue weighted by molar-refractivity contribution is -0.188. The Bertz CT molecular complexity index is 381. The third kappa shape index (κ3) is 7.42. The smallest absolute Gasteiger partial charge is 0.410 e. The van der Waals surface area contributed by atoms with E-state index in [1.807, 2.05) is 0 Å². The molecule has 1 N–H and O–H groups in total. The van der Waals surface area contributed by atoms with Crippen molar-refractivity contribution < 1.29 is 22.7 Å². The van der Waals surface area contributed by atoms with Crippen molar-refractivity contribution in [3.8, 4) is 0 Å². The zero-order valence-corrected chi connectivity index (χ0v) is 14.5. The molecule has 0 spiro atoms. The van der Waals surface area contributed by atoms with Gasteiger partial charge in [-0.2, -0.15) is 13.2 Å². The molecule has 23 heavy (non-hydrogen) atoms. The first kappa shape index (κ1) is 20.1. The van der Waals surface area contributed by atoms with Gasteiger partial charge < -0.3 is 15.0 Å². The molecule has 0 aromatic heterocycles. The Morgan fingerprint density at radius 1 is 1.22 bits per heavy atom.